The Kier molecular flexibility index (Phi) is 7.62. The summed E-state index contributed by atoms with van der Waals surface area (Å²) in [5.74, 6) is 0.449. The molecule has 1 rings (SSSR count). The van der Waals surface area contributed by atoms with Crippen molar-refractivity contribution in [2.24, 2.45) is 5.92 Å². The Hall–Kier alpha value is -1.10. The van der Waals surface area contributed by atoms with E-state index in [1.807, 2.05) is 33.2 Å². The highest BCUT2D eigenvalue weighted by Crippen LogP contribution is 2.12. The van der Waals surface area contributed by atoms with Gasteiger partial charge in [-0.15, -0.1) is 11.3 Å². The van der Waals surface area contributed by atoms with E-state index < -0.39 is 0 Å². The van der Waals surface area contributed by atoms with Crippen molar-refractivity contribution in [2.75, 3.05) is 19.0 Å². The second-order valence-electron chi connectivity index (χ2n) is 3.37. The van der Waals surface area contributed by atoms with Crippen LogP contribution in [0.4, 0.5) is 5.13 Å². The minimum atomic E-state index is 0.449. The Labute approximate surface area is 94.7 Å². The van der Waals surface area contributed by atoms with Crippen molar-refractivity contribution in [1.29, 1.82) is 0 Å². The Morgan fingerprint density at radius 2 is 2.33 bits per heavy atom. The first kappa shape index (κ1) is 13.9. The highest BCUT2D eigenvalue weighted by atomic mass is 32.1. The number of carbonyl (C=O) groups excluding carboxylic acids is 1. The molecule has 0 spiro atoms. The molecular formula is C10H18N2O2S. The molecule has 1 heterocycles. The number of anilines is 1. The molecule has 1 aromatic heterocycles. The van der Waals surface area contributed by atoms with Gasteiger partial charge < -0.3 is 10.1 Å². The zero-order valence-electron chi connectivity index (χ0n) is 9.61. The molecule has 0 saturated heterocycles. The predicted molar refractivity (Wildman–Crippen MR) is 63.3 cm³/mol. The van der Waals surface area contributed by atoms with Crippen LogP contribution >= 0.6 is 11.3 Å². The predicted octanol–water partition coefficient (Wildman–Crippen LogP) is 2.31. The zero-order chi connectivity index (χ0) is 11.7. The van der Waals surface area contributed by atoms with E-state index in [9.17, 15) is 4.79 Å². The van der Waals surface area contributed by atoms with Crippen molar-refractivity contribution in [1.82, 2.24) is 4.98 Å². The van der Waals surface area contributed by atoms with E-state index in [4.69, 9.17) is 0 Å². The fraction of sp³-hybridized carbons (Fsp3) is 0.600. The highest BCUT2D eigenvalue weighted by molar-refractivity contribution is 7.13. The minimum absolute atomic E-state index is 0.449. The Bertz CT molecular complexity index is 274. The topological polar surface area (TPSA) is 51.2 Å². The largest absolute Gasteiger partial charge is 0.468 e. The molecule has 0 fully saturated rings. The molecule has 15 heavy (non-hydrogen) atoms. The number of carbonyl (C=O) groups is 1. The van der Waals surface area contributed by atoms with Gasteiger partial charge in [0.1, 0.15) is 0 Å². The minimum Gasteiger partial charge on any atom is -0.468 e. The molecule has 1 aromatic rings. The number of nitrogens with zero attached hydrogens (tertiary/aromatic N) is 1. The van der Waals surface area contributed by atoms with Gasteiger partial charge in [0.2, 0.25) is 0 Å². The van der Waals surface area contributed by atoms with Gasteiger partial charge in [0.05, 0.1) is 12.3 Å². The number of hydrogen-bond acceptors (Lipinski definition) is 5. The maximum atomic E-state index is 9.49. The van der Waals surface area contributed by atoms with Crippen LogP contribution in [0.15, 0.2) is 5.38 Å². The molecular weight excluding hydrogens is 212 g/mol. The Balaban J connectivity index is 0.000000265. The van der Waals surface area contributed by atoms with E-state index in [0.29, 0.717) is 19.0 Å². The molecule has 1 N–H and O–H groups in total. The number of aromatic nitrogens is 1. The third-order valence-electron chi connectivity index (χ3n) is 1.33. The van der Waals surface area contributed by atoms with Crippen molar-refractivity contribution >= 4 is 22.9 Å². The third-order valence-corrected chi connectivity index (χ3v) is 2.31. The van der Waals surface area contributed by atoms with Gasteiger partial charge in [-0.05, 0) is 12.8 Å². The van der Waals surface area contributed by atoms with Gasteiger partial charge in [-0.3, -0.25) is 4.79 Å². The van der Waals surface area contributed by atoms with Crippen LogP contribution in [-0.4, -0.2) is 25.1 Å². The lowest BCUT2D eigenvalue weighted by Crippen LogP contribution is -1.98. The maximum Gasteiger partial charge on any atom is 0.293 e. The van der Waals surface area contributed by atoms with E-state index in [2.05, 4.69) is 15.0 Å². The van der Waals surface area contributed by atoms with Gasteiger partial charge in [-0.2, -0.15) is 0 Å². The summed E-state index contributed by atoms with van der Waals surface area (Å²) in [6, 6.07) is 0. The van der Waals surface area contributed by atoms with E-state index in [1.165, 1.54) is 0 Å². The second kappa shape index (κ2) is 8.23. The molecule has 0 atom stereocenters. The molecule has 0 aliphatic heterocycles. The van der Waals surface area contributed by atoms with Gasteiger partial charge >= 0.3 is 0 Å². The van der Waals surface area contributed by atoms with Crippen LogP contribution in [0, 0.1) is 12.8 Å². The van der Waals surface area contributed by atoms with Crippen LogP contribution < -0.4 is 5.32 Å². The molecule has 86 valence electrons. The summed E-state index contributed by atoms with van der Waals surface area (Å²) in [6.45, 7) is 6.97. The number of hydrogen-bond donors (Lipinski definition) is 1. The number of ether oxygens (including phenoxy) is 1. The van der Waals surface area contributed by atoms with E-state index in [1.54, 1.807) is 11.3 Å². The van der Waals surface area contributed by atoms with Crippen molar-refractivity contribution in [2.45, 2.75) is 20.8 Å². The smallest absolute Gasteiger partial charge is 0.293 e. The first-order chi connectivity index (χ1) is 7.10. The van der Waals surface area contributed by atoms with Crippen LogP contribution in [0.3, 0.4) is 0 Å². The fourth-order valence-corrected chi connectivity index (χ4v) is 1.35. The molecule has 0 radical (unpaired) electrons. The lowest BCUT2D eigenvalue weighted by atomic mass is 10.2. The van der Waals surface area contributed by atoms with Crippen LogP contribution in [0.2, 0.25) is 0 Å². The molecule has 0 aliphatic rings. The van der Waals surface area contributed by atoms with E-state index in [-0.39, 0.29) is 0 Å². The number of nitrogens with one attached hydrogen (secondary N) is 1. The maximum absolute atomic E-state index is 9.49. The summed E-state index contributed by atoms with van der Waals surface area (Å²) in [5, 5.41) is 5.96. The van der Waals surface area contributed by atoms with Crippen LogP contribution in [-0.2, 0) is 9.53 Å². The van der Waals surface area contributed by atoms with Gasteiger partial charge in [-0.1, -0.05) is 13.8 Å². The van der Waals surface area contributed by atoms with Crippen LogP contribution in [0.1, 0.15) is 19.5 Å². The molecule has 0 saturated carbocycles. The summed E-state index contributed by atoms with van der Waals surface area (Å²) in [7, 11) is 1.87. The fourth-order valence-electron chi connectivity index (χ4n) is 0.701. The highest BCUT2D eigenvalue weighted by Gasteiger charge is 1.90. The summed E-state index contributed by atoms with van der Waals surface area (Å²) in [5.41, 5.74) is 1.08. The number of thiazole rings is 1. The second-order valence-corrected chi connectivity index (χ2v) is 4.23. The van der Waals surface area contributed by atoms with Crippen molar-refractivity contribution in [3.05, 3.63) is 11.1 Å². The SMILES string of the molecule is CC(C)COC=O.CNc1nc(C)cs1. The van der Waals surface area contributed by atoms with Crippen molar-refractivity contribution in [3.8, 4) is 0 Å². The molecule has 0 unspecified atom stereocenters. The molecule has 0 aromatic carbocycles. The average Bonchev–Trinajstić information content (AvgIpc) is 2.62. The number of aryl methyl sites for hydroxylation is 1. The van der Waals surface area contributed by atoms with E-state index in [0.717, 1.165) is 10.8 Å². The molecule has 0 aliphatic carbocycles. The summed E-state index contributed by atoms with van der Waals surface area (Å²) in [6.07, 6.45) is 0. The Morgan fingerprint density at radius 3 is 2.53 bits per heavy atom. The zero-order valence-corrected chi connectivity index (χ0v) is 10.4. The average molecular weight is 230 g/mol. The lowest BCUT2D eigenvalue weighted by molar-refractivity contribution is -0.129. The normalized spacial score (nSPS) is 9.13. The molecule has 0 bridgehead atoms. The summed E-state index contributed by atoms with van der Waals surface area (Å²) < 4.78 is 4.41. The first-order valence-corrected chi connectivity index (χ1v) is 5.63. The van der Waals surface area contributed by atoms with Gasteiger partial charge in [0.25, 0.3) is 6.47 Å². The van der Waals surface area contributed by atoms with Crippen molar-refractivity contribution < 1.29 is 9.53 Å². The first-order valence-electron chi connectivity index (χ1n) is 4.75. The monoisotopic (exact) mass is 230 g/mol. The third kappa shape index (κ3) is 7.93. The quantitative estimate of drug-likeness (QED) is 0.806. The van der Waals surface area contributed by atoms with Crippen molar-refractivity contribution in [3.63, 3.8) is 0 Å². The van der Waals surface area contributed by atoms with E-state index >= 15 is 0 Å². The van der Waals surface area contributed by atoms with Gasteiger partial charge in [0.15, 0.2) is 5.13 Å². The molecule has 4 nitrogen and oxygen atoms in total. The standard InChI is InChI=1S/C5H8N2S.C5H10O2/c1-4-3-8-5(6-2)7-4;1-5(2)3-7-4-6/h3H,1-2H3,(H,6,7);4-5H,3H2,1-2H3. The van der Waals surface area contributed by atoms with Crippen LogP contribution in [0.5, 0.6) is 0 Å². The molecule has 5 heteroatoms. The summed E-state index contributed by atoms with van der Waals surface area (Å²) in [4.78, 5) is 13.6. The van der Waals surface area contributed by atoms with Gasteiger partial charge in [0, 0.05) is 12.4 Å². The Morgan fingerprint density at radius 1 is 1.67 bits per heavy atom. The lowest BCUT2D eigenvalue weighted by Gasteiger charge is -1.98. The number of rotatable bonds is 4. The molecule has 0 amide bonds. The van der Waals surface area contributed by atoms with Crippen LogP contribution in [0.25, 0.3) is 0 Å². The van der Waals surface area contributed by atoms with Gasteiger partial charge in [-0.25, -0.2) is 4.98 Å². The summed E-state index contributed by atoms with van der Waals surface area (Å²) >= 11 is 1.63.